The monoisotopic (exact) mass is 195 g/mol. The molecule has 3 nitrogen and oxygen atoms in total. The molecule has 0 unspecified atom stereocenters. The first kappa shape index (κ1) is 11.0. The minimum absolute atomic E-state index is 0.201. The maximum Gasteiger partial charge on any atom is 0.118 e. The van der Waals surface area contributed by atoms with E-state index in [0.717, 1.165) is 12.3 Å². The molecule has 0 saturated heterocycles. The summed E-state index contributed by atoms with van der Waals surface area (Å²) in [5.41, 5.74) is 1.22. The van der Waals surface area contributed by atoms with E-state index in [-0.39, 0.29) is 6.61 Å². The molecule has 1 aromatic rings. The van der Waals surface area contributed by atoms with Gasteiger partial charge in [0.05, 0.1) is 13.7 Å². The number of likely N-dealkylation sites (N-methyl/N-ethyl adjacent to an activating group) is 1. The third-order valence-corrected chi connectivity index (χ3v) is 2.09. The Morgan fingerprint density at radius 2 is 1.93 bits per heavy atom. The van der Waals surface area contributed by atoms with Crippen molar-refractivity contribution < 1.29 is 9.84 Å². The molecule has 1 aromatic carbocycles. The first-order chi connectivity index (χ1) is 6.76. The van der Waals surface area contributed by atoms with Crippen LogP contribution < -0.4 is 4.74 Å². The highest BCUT2D eigenvalue weighted by Crippen LogP contribution is 2.12. The molecule has 0 aromatic heterocycles. The van der Waals surface area contributed by atoms with Gasteiger partial charge >= 0.3 is 0 Å². The molecule has 0 radical (unpaired) electrons. The van der Waals surface area contributed by atoms with Gasteiger partial charge in [0, 0.05) is 13.1 Å². The molecule has 0 aliphatic carbocycles. The van der Waals surface area contributed by atoms with Gasteiger partial charge in [0.15, 0.2) is 0 Å². The van der Waals surface area contributed by atoms with Crippen molar-refractivity contribution in [3.8, 4) is 5.75 Å². The van der Waals surface area contributed by atoms with Gasteiger partial charge in [-0.2, -0.15) is 0 Å². The summed E-state index contributed by atoms with van der Waals surface area (Å²) >= 11 is 0. The Morgan fingerprint density at radius 3 is 2.43 bits per heavy atom. The summed E-state index contributed by atoms with van der Waals surface area (Å²) < 4.78 is 5.07. The van der Waals surface area contributed by atoms with E-state index in [1.54, 1.807) is 7.11 Å². The number of hydrogen-bond donors (Lipinski definition) is 1. The maximum absolute atomic E-state index is 8.74. The van der Waals surface area contributed by atoms with E-state index in [1.165, 1.54) is 5.56 Å². The van der Waals surface area contributed by atoms with E-state index in [0.29, 0.717) is 6.54 Å². The second-order valence-corrected chi connectivity index (χ2v) is 3.31. The lowest BCUT2D eigenvalue weighted by Gasteiger charge is -2.14. The normalized spacial score (nSPS) is 10.6. The van der Waals surface area contributed by atoms with Gasteiger partial charge in [0.1, 0.15) is 5.75 Å². The molecule has 14 heavy (non-hydrogen) atoms. The van der Waals surface area contributed by atoms with Gasteiger partial charge in [-0.1, -0.05) is 12.1 Å². The van der Waals surface area contributed by atoms with E-state index >= 15 is 0 Å². The quantitative estimate of drug-likeness (QED) is 0.764. The molecular weight excluding hydrogens is 178 g/mol. The molecule has 0 bridgehead atoms. The summed E-state index contributed by atoms with van der Waals surface area (Å²) in [6.45, 7) is 1.75. The number of aliphatic hydroxyl groups excluding tert-OH is 1. The average molecular weight is 195 g/mol. The van der Waals surface area contributed by atoms with Crippen LogP contribution in [0, 0.1) is 0 Å². The van der Waals surface area contributed by atoms with Gasteiger partial charge < -0.3 is 9.84 Å². The van der Waals surface area contributed by atoms with Crippen molar-refractivity contribution in [2.24, 2.45) is 0 Å². The van der Waals surface area contributed by atoms with E-state index in [1.807, 2.05) is 31.3 Å². The van der Waals surface area contributed by atoms with E-state index in [9.17, 15) is 0 Å². The molecule has 0 heterocycles. The van der Waals surface area contributed by atoms with Crippen molar-refractivity contribution in [2.75, 3.05) is 27.3 Å². The van der Waals surface area contributed by atoms with Crippen molar-refractivity contribution in [2.45, 2.75) is 6.54 Å². The minimum Gasteiger partial charge on any atom is -0.497 e. The Hall–Kier alpha value is -1.06. The lowest BCUT2D eigenvalue weighted by molar-refractivity contribution is 0.217. The predicted molar refractivity (Wildman–Crippen MR) is 56.4 cm³/mol. The third kappa shape index (κ3) is 3.36. The molecular formula is C11H17NO2. The summed E-state index contributed by atoms with van der Waals surface area (Å²) in [4.78, 5) is 2.07. The smallest absolute Gasteiger partial charge is 0.118 e. The van der Waals surface area contributed by atoms with Gasteiger partial charge in [-0.3, -0.25) is 4.90 Å². The van der Waals surface area contributed by atoms with Crippen LogP contribution in [0.15, 0.2) is 24.3 Å². The van der Waals surface area contributed by atoms with Crippen molar-refractivity contribution >= 4 is 0 Å². The summed E-state index contributed by atoms with van der Waals surface area (Å²) in [5, 5.41) is 8.74. The zero-order valence-electron chi connectivity index (χ0n) is 8.73. The van der Waals surface area contributed by atoms with Crippen LogP contribution >= 0.6 is 0 Å². The molecule has 0 aliphatic heterocycles. The second-order valence-electron chi connectivity index (χ2n) is 3.31. The van der Waals surface area contributed by atoms with Crippen LogP contribution in [0.4, 0.5) is 0 Å². The molecule has 0 aliphatic rings. The number of nitrogens with zero attached hydrogens (tertiary/aromatic N) is 1. The maximum atomic E-state index is 8.74. The third-order valence-electron chi connectivity index (χ3n) is 2.09. The Kier molecular flexibility index (Phi) is 4.43. The van der Waals surface area contributed by atoms with Gasteiger partial charge in [-0.15, -0.1) is 0 Å². The SMILES string of the molecule is COc1ccc(CN(C)CCO)cc1. The fourth-order valence-corrected chi connectivity index (χ4v) is 1.29. The Labute approximate surface area is 84.9 Å². The fraction of sp³-hybridized carbons (Fsp3) is 0.455. The predicted octanol–water partition coefficient (Wildman–Crippen LogP) is 1.12. The Morgan fingerprint density at radius 1 is 1.29 bits per heavy atom. The number of methoxy groups -OCH3 is 1. The number of ether oxygens (including phenoxy) is 1. The first-order valence-corrected chi connectivity index (χ1v) is 4.68. The number of aliphatic hydroxyl groups is 1. The number of hydrogen-bond acceptors (Lipinski definition) is 3. The number of rotatable bonds is 5. The van der Waals surface area contributed by atoms with Crippen molar-refractivity contribution in [3.63, 3.8) is 0 Å². The highest BCUT2D eigenvalue weighted by Gasteiger charge is 1.99. The van der Waals surface area contributed by atoms with Crippen LogP contribution in [-0.2, 0) is 6.54 Å². The molecule has 3 heteroatoms. The Balaban J connectivity index is 2.50. The first-order valence-electron chi connectivity index (χ1n) is 4.68. The molecule has 78 valence electrons. The van der Waals surface area contributed by atoms with Gasteiger partial charge in [0.2, 0.25) is 0 Å². The van der Waals surface area contributed by atoms with E-state index in [2.05, 4.69) is 4.90 Å². The van der Waals surface area contributed by atoms with Crippen LogP contribution in [0.3, 0.4) is 0 Å². The molecule has 0 atom stereocenters. The highest BCUT2D eigenvalue weighted by molar-refractivity contribution is 5.26. The topological polar surface area (TPSA) is 32.7 Å². The molecule has 1 rings (SSSR count). The van der Waals surface area contributed by atoms with Crippen molar-refractivity contribution in [3.05, 3.63) is 29.8 Å². The van der Waals surface area contributed by atoms with Gasteiger partial charge in [-0.25, -0.2) is 0 Å². The molecule has 0 fully saturated rings. The molecule has 0 amide bonds. The number of benzene rings is 1. The summed E-state index contributed by atoms with van der Waals surface area (Å²) in [7, 11) is 3.65. The van der Waals surface area contributed by atoms with Crippen molar-refractivity contribution in [1.29, 1.82) is 0 Å². The standard InChI is InChI=1S/C11H17NO2/c1-12(7-8-13)9-10-3-5-11(14-2)6-4-10/h3-6,13H,7-9H2,1-2H3. The highest BCUT2D eigenvalue weighted by atomic mass is 16.5. The van der Waals surface area contributed by atoms with Crippen LogP contribution in [0.2, 0.25) is 0 Å². The zero-order chi connectivity index (χ0) is 10.4. The molecule has 0 spiro atoms. The Bertz CT molecular complexity index is 258. The average Bonchev–Trinajstić information content (AvgIpc) is 2.19. The largest absolute Gasteiger partial charge is 0.497 e. The molecule has 1 N–H and O–H groups in total. The zero-order valence-corrected chi connectivity index (χ0v) is 8.73. The van der Waals surface area contributed by atoms with Crippen LogP contribution in [0.1, 0.15) is 5.56 Å². The lowest BCUT2D eigenvalue weighted by Crippen LogP contribution is -2.21. The van der Waals surface area contributed by atoms with Gasteiger partial charge in [-0.05, 0) is 24.7 Å². The second kappa shape index (κ2) is 5.62. The van der Waals surface area contributed by atoms with Crippen molar-refractivity contribution in [1.82, 2.24) is 4.90 Å². The summed E-state index contributed by atoms with van der Waals surface area (Å²) in [5.74, 6) is 0.874. The molecule has 0 saturated carbocycles. The van der Waals surface area contributed by atoms with E-state index in [4.69, 9.17) is 9.84 Å². The van der Waals surface area contributed by atoms with Crippen LogP contribution in [0.5, 0.6) is 5.75 Å². The van der Waals surface area contributed by atoms with Crippen LogP contribution in [-0.4, -0.2) is 37.3 Å². The fourth-order valence-electron chi connectivity index (χ4n) is 1.29. The lowest BCUT2D eigenvalue weighted by atomic mass is 10.2. The summed E-state index contributed by atoms with van der Waals surface area (Å²) in [6, 6.07) is 7.96. The van der Waals surface area contributed by atoms with Crippen LogP contribution in [0.25, 0.3) is 0 Å². The van der Waals surface area contributed by atoms with E-state index < -0.39 is 0 Å². The summed E-state index contributed by atoms with van der Waals surface area (Å²) in [6.07, 6.45) is 0. The van der Waals surface area contributed by atoms with Gasteiger partial charge in [0.25, 0.3) is 0 Å². The minimum atomic E-state index is 0.201.